The Balaban J connectivity index is 2.72. The van der Waals surface area contributed by atoms with Gasteiger partial charge >= 0.3 is 0 Å². The highest BCUT2D eigenvalue weighted by Crippen LogP contribution is 2.22. The summed E-state index contributed by atoms with van der Waals surface area (Å²) in [5.74, 6) is 3.37. The van der Waals surface area contributed by atoms with Crippen LogP contribution >= 0.6 is 21.6 Å². The van der Waals surface area contributed by atoms with E-state index >= 15 is 0 Å². The second-order valence-electron chi connectivity index (χ2n) is 2.08. The van der Waals surface area contributed by atoms with Gasteiger partial charge in [0.25, 0.3) is 0 Å². The lowest BCUT2D eigenvalue weighted by atomic mass is 10.3. The van der Waals surface area contributed by atoms with Gasteiger partial charge in [-0.2, -0.15) is 0 Å². The first-order valence-corrected chi connectivity index (χ1v) is 5.50. The lowest BCUT2D eigenvalue weighted by Gasteiger charge is -1.99. The molecule has 0 radical (unpaired) electrons. The average Bonchev–Trinajstić information content (AvgIpc) is 1.66. The van der Waals surface area contributed by atoms with Gasteiger partial charge in [0, 0.05) is 11.5 Å². The Labute approximate surface area is 60.2 Å². The topological polar surface area (TPSA) is 0 Å². The molecule has 0 amide bonds. The molecule has 0 atom stereocenters. The SMILES string of the molecule is CCSSCC(C)C. The molecule has 2 heteroatoms. The van der Waals surface area contributed by atoms with Crippen LogP contribution in [0.3, 0.4) is 0 Å². The Bertz CT molecular complexity index is 43.8. The zero-order valence-corrected chi connectivity index (χ0v) is 7.44. The van der Waals surface area contributed by atoms with Gasteiger partial charge in [0.05, 0.1) is 0 Å². The van der Waals surface area contributed by atoms with Gasteiger partial charge in [-0.05, 0) is 5.92 Å². The van der Waals surface area contributed by atoms with Crippen LogP contribution in [-0.4, -0.2) is 11.5 Å². The van der Waals surface area contributed by atoms with E-state index < -0.39 is 0 Å². The summed E-state index contributed by atoms with van der Waals surface area (Å²) in [4.78, 5) is 0. The van der Waals surface area contributed by atoms with Crippen LogP contribution in [0.2, 0.25) is 0 Å². The molecule has 0 bridgehead atoms. The fourth-order valence-corrected chi connectivity index (χ4v) is 2.41. The monoisotopic (exact) mass is 150 g/mol. The summed E-state index contributed by atoms with van der Waals surface area (Å²) in [5, 5.41) is 0. The first-order chi connectivity index (χ1) is 3.77. The van der Waals surface area contributed by atoms with Crippen molar-refractivity contribution in [1.29, 1.82) is 0 Å². The van der Waals surface area contributed by atoms with Crippen molar-refractivity contribution in [2.75, 3.05) is 11.5 Å². The lowest BCUT2D eigenvalue weighted by molar-refractivity contribution is 0.752. The van der Waals surface area contributed by atoms with Crippen molar-refractivity contribution in [2.24, 2.45) is 5.92 Å². The molecule has 0 heterocycles. The fourth-order valence-electron chi connectivity index (χ4n) is 0.268. The van der Waals surface area contributed by atoms with Gasteiger partial charge in [-0.1, -0.05) is 42.4 Å². The van der Waals surface area contributed by atoms with Crippen LogP contribution in [0, 0.1) is 5.92 Å². The van der Waals surface area contributed by atoms with Crippen molar-refractivity contribution < 1.29 is 0 Å². The summed E-state index contributed by atoms with van der Waals surface area (Å²) in [6, 6.07) is 0. The van der Waals surface area contributed by atoms with Gasteiger partial charge < -0.3 is 0 Å². The molecular weight excluding hydrogens is 136 g/mol. The van der Waals surface area contributed by atoms with Gasteiger partial charge in [0.15, 0.2) is 0 Å². The van der Waals surface area contributed by atoms with E-state index in [9.17, 15) is 0 Å². The van der Waals surface area contributed by atoms with Crippen molar-refractivity contribution in [3.8, 4) is 0 Å². The summed E-state index contributed by atoms with van der Waals surface area (Å²) in [6.45, 7) is 6.70. The van der Waals surface area contributed by atoms with Crippen LogP contribution in [0.1, 0.15) is 20.8 Å². The molecule has 8 heavy (non-hydrogen) atoms. The van der Waals surface area contributed by atoms with Crippen molar-refractivity contribution in [3.05, 3.63) is 0 Å². The molecule has 0 saturated heterocycles. The molecular formula is C6H14S2. The van der Waals surface area contributed by atoms with Gasteiger partial charge in [0.2, 0.25) is 0 Å². The maximum atomic E-state index is 2.25. The Morgan fingerprint density at radius 2 is 1.88 bits per heavy atom. The normalized spacial score (nSPS) is 10.5. The second-order valence-corrected chi connectivity index (χ2v) is 4.88. The van der Waals surface area contributed by atoms with E-state index in [2.05, 4.69) is 20.8 Å². The van der Waals surface area contributed by atoms with Gasteiger partial charge in [0.1, 0.15) is 0 Å². The molecule has 0 N–H and O–H groups in total. The van der Waals surface area contributed by atoms with E-state index in [0.29, 0.717) is 0 Å². The molecule has 0 aromatic rings. The van der Waals surface area contributed by atoms with Crippen LogP contribution < -0.4 is 0 Å². The van der Waals surface area contributed by atoms with Crippen molar-refractivity contribution in [1.82, 2.24) is 0 Å². The predicted octanol–water partition coefficient (Wildman–Crippen LogP) is 3.04. The molecule has 0 aromatic carbocycles. The molecule has 0 rings (SSSR count). The smallest absolute Gasteiger partial charge is 0.00600 e. The first kappa shape index (κ1) is 8.70. The highest BCUT2D eigenvalue weighted by atomic mass is 33.1. The molecule has 0 unspecified atom stereocenters. The van der Waals surface area contributed by atoms with Gasteiger partial charge in [-0.15, -0.1) is 0 Å². The third-order valence-electron chi connectivity index (χ3n) is 0.603. The maximum absolute atomic E-state index is 2.25. The highest BCUT2D eigenvalue weighted by Gasteiger charge is 1.91. The van der Waals surface area contributed by atoms with Crippen LogP contribution in [0.25, 0.3) is 0 Å². The third kappa shape index (κ3) is 6.70. The van der Waals surface area contributed by atoms with Crippen LogP contribution in [0.15, 0.2) is 0 Å². The zero-order chi connectivity index (χ0) is 6.41. The molecule has 0 aliphatic heterocycles. The number of hydrogen-bond acceptors (Lipinski definition) is 2. The van der Waals surface area contributed by atoms with E-state index in [1.54, 1.807) is 0 Å². The van der Waals surface area contributed by atoms with E-state index in [0.717, 1.165) is 5.92 Å². The van der Waals surface area contributed by atoms with Crippen LogP contribution in [0.5, 0.6) is 0 Å². The van der Waals surface area contributed by atoms with Crippen molar-refractivity contribution >= 4 is 21.6 Å². The summed E-state index contributed by atoms with van der Waals surface area (Å²) in [5.41, 5.74) is 0. The summed E-state index contributed by atoms with van der Waals surface area (Å²) < 4.78 is 0. The van der Waals surface area contributed by atoms with E-state index in [4.69, 9.17) is 0 Å². The molecule has 0 aliphatic rings. The second kappa shape index (κ2) is 5.83. The van der Waals surface area contributed by atoms with Gasteiger partial charge in [-0.25, -0.2) is 0 Å². The number of hydrogen-bond donors (Lipinski definition) is 0. The summed E-state index contributed by atoms with van der Waals surface area (Å²) >= 11 is 0. The van der Waals surface area contributed by atoms with Crippen LogP contribution in [-0.2, 0) is 0 Å². The quantitative estimate of drug-likeness (QED) is 0.446. The molecule has 0 saturated carbocycles. The van der Waals surface area contributed by atoms with Crippen LogP contribution in [0.4, 0.5) is 0 Å². The number of rotatable bonds is 4. The highest BCUT2D eigenvalue weighted by molar-refractivity contribution is 8.76. The largest absolute Gasteiger partial charge is 0.0944 e. The minimum atomic E-state index is 0.846. The van der Waals surface area contributed by atoms with E-state index in [1.165, 1.54) is 11.5 Å². The minimum absolute atomic E-state index is 0.846. The molecule has 0 aliphatic carbocycles. The Kier molecular flexibility index (Phi) is 6.34. The Morgan fingerprint density at radius 3 is 2.25 bits per heavy atom. The summed E-state index contributed by atoms with van der Waals surface area (Å²) in [6.07, 6.45) is 0. The molecule has 0 fully saturated rings. The van der Waals surface area contributed by atoms with E-state index in [1.807, 2.05) is 21.6 Å². The summed E-state index contributed by atoms with van der Waals surface area (Å²) in [7, 11) is 3.93. The molecule has 0 nitrogen and oxygen atoms in total. The van der Waals surface area contributed by atoms with E-state index in [-0.39, 0.29) is 0 Å². The molecule has 50 valence electrons. The van der Waals surface area contributed by atoms with Crippen molar-refractivity contribution in [3.63, 3.8) is 0 Å². The average molecular weight is 150 g/mol. The third-order valence-corrected chi connectivity index (χ3v) is 3.42. The Hall–Kier alpha value is 0.700. The predicted molar refractivity (Wildman–Crippen MR) is 45.4 cm³/mol. The molecule has 0 aromatic heterocycles. The first-order valence-electron chi connectivity index (χ1n) is 3.01. The zero-order valence-electron chi connectivity index (χ0n) is 5.81. The maximum Gasteiger partial charge on any atom is 0.00600 e. The fraction of sp³-hybridized carbons (Fsp3) is 1.00. The molecule has 0 spiro atoms. The Morgan fingerprint density at radius 1 is 1.25 bits per heavy atom. The lowest BCUT2D eigenvalue weighted by Crippen LogP contribution is -1.87. The van der Waals surface area contributed by atoms with Crippen molar-refractivity contribution in [2.45, 2.75) is 20.8 Å². The minimum Gasteiger partial charge on any atom is -0.0944 e. The van der Waals surface area contributed by atoms with Gasteiger partial charge in [-0.3, -0.25) is 0 Å². The standard InChI is InChI=1S/C6H14S2/c1-4-7-8-5-6(2)3/h6H,4-5H2,1-3H3.